The van der Waals surface area contributed by atoms with E-state index in [1.165, 1.54) is 0 Å². The van der Waals surface area contributed by atoms with Crippen LogP contribution in [0.1, 0.15) is 23.2 Å². The Kier molecular flexibility index (Phi) is 4.61. The molecule has 0 unspecified atom stereocenters. The van der Waals surface area contributed by atoms with Crippen LogP contribution in [0.5, 0.6) is 0 Å². The number of nitriles is 1. The van der Waals surface area contributed by atoms with Crippen LogP contribution < -0.4 is 0 Å². The molecule has 80 valence electrons. The Morgan fingerprint density at radius 2 is 2.20 bits per heavy atom. The largest absolute Gasteiger partial charge is 0.265 e. The summed E-state index contributed by atoms with van der Waals surface area (Å²) >= 11 is 6.38. The van der Waals surface area contributed by atoms with Crippen molar-refractivity contribution >= 4 is 31.9 Å². The Morgan fingerprint density at radius 1 is 1.53 bits per heavy atom. The summed E-state index contributed by atoms with van der Waals surface area (Å²) in [5, 5.41) is 9.02. The molecule has 0 atom stereocenters. The molecule has 0 saturated carbocycles. The van der Waals surface area contributed by atoms with Crippen molar-refractivity contribution in [1.29, 1.82) is 5.26 Å². The number of rotatable bonds is 3. The summed E-state index contributed by atoms with van der Waals surface area (Å²) < 4.78 is 25.7. The first-order valence-corrected chi connectivity index (χ1v) is 5.90. The van der Waals surface area contributed by atoms with E-state index in [0.29, 0.717) is 21.1 Å². The lowest BCUT2D eigenvalue weighted by Crippen LogP contribution is -2.00. The fourth-order valence-electron chi connectivity index (χ4n) is 1.12. The molecule has 0 aromatic carbocycles. The average molecular weight is 340 g/mol. The van der Waals surface area contributed by atoms with Crippen molar-refractivity contribution in [2.24, 2.45) is 0 Å². The van der Waals surface area contributed by atoms with Gasteiger partial charge in [-0.1, -0.05) is 15.9 Å². The minimum atomic E-state index is -2.61. The lowest BCUT2D eigenvalue weighted by atomic mass is 10.1. The van der Waals surface area contributed by atoms with Gasteiger partial charge in [-0.3, -0.25) is 4.98 Å². The Labute approximate surface area is 103 Å². The summed E-state index contributed by atoms with van der Waals surface area (Å²) in [6, 6.07) is 1.86. The molecule has 1 heterocycles. The molecule has 6 heteroatoms. The number of alkyl halides is 3. The van der Waals surface area contributed by atoms with Gasteiger partial charge >= 0.3 is 0 Å². The highest BCUT2D eigenvalue weighted by Crippen LogP contribution is 2.30. The highest BCUT2D eigenvalue weighted by molar-refractivity contribution is 9.10. The summed E-state index contributed by atoms with van der Waals surface area (Å²) in [4.78, 5) is 3.88. The number of pyridine rings is 1. The highest BCUT2D eigenvalue weighted by atomic mass is 79.9. The number of hydrogen-bond acceptors (Lipinski definition) is 2. The SMILES string of the molecule is N#CCc1c(C(F)F)cnc(CBr)c1Br. The smallest absolute Gasteiger partial charge is 0.259 e. The predicted molar refractivity (Wildman–Crippen MR) is 58.8 cm³/mol. The average Bonchev–Trinajstić information content (AvgIpc) is 2.20. The minimum Gasteiger partial charge on any atom is -0.259 e. The quantitative estimate of drug-likeness (QED) is 0.786. The molecular weight excluding hydrogens is 334 g/mol. The minimum absolute atomic E-state index is 0.0528. The van der Waals surface area contributed by atoms with Crippen molar-refractivity contribution in [2.45, 2.75) is 18.2 Å². The lowest BCUT2D eigenvalue weighted by molar-refractivity contribution is 0.150. The van der Waals surface area contributed by atoms with E-state index in [9.17, 15) is 8.78 Å². The molecule has 0 spiro atoms. The van der Waals surface area contributed by atoms with Gasteiger partial charge in [-0.25, -0.2) is 8.78 Å². The van der Waals surface area contributed by atoms with Crippen molar-refractivity contribution in [3.05, 3.63) is 27.5 Å². The van der Waals surface area contributed by atoms with Crippen molar-refractivity contribution in [3.8, 4) is 6.07 Å². The first-order chi connectivity index (χ1) is 7.11. The summed E-state index contributed by atoms with van der Waals surface area (Å²) in [7, 11) is 0. The van der Waals surface area contributed by atoms with Crippen LogP contribution in [0.3, 0.4) is 0 Å². The van der Waals surface area contributed by atoms with Crippen LogP contribution >= 0.6 is 31.9 Å². The highest BCUT2D eigenvalue weighted by Gasteiger charge is 2.18. The second kappa shape index (κ2) is 5.52. The Morgan fingerprint density at radius 3 is 2.67 bits per heavy atom. The lowest BCUT2D eigenvalue weighted by Gasteiger charge is -2.10. The zero-order valence-electron chi connectivity index (χ0n) is 7.48. The van der Waals surface area contributed by atoms with E-state index in [2.05, 4.69) is 36.8 Å². The van der Waals surface area contributed by atoms with Gasteiger partial charge < -0.3 is 0 Å². The molecule has 0 N–H and O–H groups in total. The van der Waals surface area contributed by atoms with Crippen molar-refractivity contribution in [2.75, 3.05) is 0 Å². The molecule has 0 radical (unpaired) electrons. The molecule has 0 aliphatic heterocycles. The van der Waals surface area contributed by atoms with Crippen LogP contribution in [0, 0.1) is 11.3 Å². The number of halogens is 4. The number of aromatic nitrogens is 1. The molecule has 15 heavy (non-hydrogen) atoms. The molecule has 0 fully saturated rings. The Bertz CT molecular complexity index is 402. The normalized spacial score (nSPS) is 10.4. The second-order valence-electron chi connectivity index (χ2n) is 2.72. The van der Waals surface area contributed by atoms with Gasteiger partial charge in [0.1, 0.15) is 0 Å². The topological polar surface area (TPSA) is 36.7 Å². The van der Waals surface area contributed by atoms with E-state index in [1.807, 2.05) is 6.07 Å². The summed E-state index contributed by atoms with van der Waals surface area (Å²) in [5.41, 5.74) is 0.745. The van der Waals surface area contributed by atoms with Gasteiger partial charge in [-0.15, -0.1) is 0 Å². The number of nitrogens with zero attached hydrogens (tertiary/aromatic N) is 2. The summed E-state index contributed by atoms with van der Waals surface area (Å²) in [6.07, 6.45) is -1.54. The molecular formula is C9H6Br2F2N2. The molecule has 1 aromatic rings. The maximum Gasteiger partial charge on any atom is 0.265 e. The predicted octanol–water partition coefficient (Wildman–Crippen LogP) is 3.74. The van der Waals surface area contributed by atoms with Gasteiger partial charge in [-0.05, 0) is 21.5 Å². The molecule has 0 amide bonds. The van der Waals surface area contributed by atoms with Crippen LogP contribution in [0.4, 0.5) is 8.78 Å². The van der Waals surface area contributed by atoms with Crippen molar-refractivity contribution in [3.63, 3.8) is 0 Å². The Balaban J connectivity index is 3.32. The summed E-state index contributed by atoms with van der Waals surface area (Å²) in [5.74, 6) is 0. The van der Waals surface area contributed by atoms with Crippen LogP contribution in [0.15, 0.2) is 10.7 Å². The molecule has 1 rings (SSSR count). The monoisotopic (exact) mass is 338 g/mol. The first-order valence-electron chi connectivity index (χ1n) is 3.99. The maximum atomic E-state index is 12.6. The van der Waals surface area contributed by atoms with E-state index in [0.717, 1.165) is 6.20 Å². The van der Waals surface area contributed by atoms with Gasteiger partial charge in [0.15, 0.2) is 0 Å². The van der Waals surface area contributed by atoms with Gasteiger partial charge in [0.25, 0.3) is 6.43 Å². The maximum absolute atomic E-state index is 12.6. The fourth-order valence-corrected chi connectivity index (χ4v) is 2.54. The second-order valence-corrected chi connectivity index (χ2v) is 4.08. The number of hydrogen-bond donors (Lipinski definition) is 0. The standard InChI is InChI=1S/C9H6Br2F2N2/c10-3-7-8(11)5(1-2-14)6(4-15-7)9(12)13/h4,9H,1,3H2. The molecule has 0 aliphatic rings. The van der Waals surface area contributed by atoms with Crippen LogP contribution in [-0.2, 0) is 11.8 Å². The van der Waals surface area contributed by atoms with Crippen LogP contribution in [-0.4, -0.2) is 4.98 Å². The fraction of sp³-hybridized carbons (Fsp3) is 0.333. The van der Waals surface area contributed by atoms with Gasteiger partial charge in [0.05, 0.1) is 18.2 Å². The van der Waals surface area contributed by atoms with Gasteiger partial charge in [0, 0.05) is 21.6 Å². The third-order valence-electron chi connectivity index (χ3n) is 1.84. The third-order valence-corrected chi connectivity index (χ3v) is 3.31. The van der Waals surface area contributed by atoms with Gasteiger partial charge in [0.2, 0.25) is 0 Å². The van der Waals surface area contributed by atoms with Gasteiger partial charge in [-0.2, -0.15) is 5.26 Å². The zero-order chi connectivity index (χ0) is 11.4. The van der Waals surface area contributed by atoms with E-state index in [4.69, 9.17) is 5.26 Å². The van der Waals surface area contributed by atoms with E-state index in [-0.39, 0.29) is 12.0 Å². The zero-order valence-corrected chi connectivity index (χ0v) is 10.6. The van der Waals surface area contributed by atoms with Crippen LogP contribution in [0.25, 0.3) is 0 Å². The third kappa shape index (κ3) is 2.73. The van der Waals surface area contributed by atoms with Crippen molar-refractivity contribution in [1.82, 2.24) is 4.98 Å². The Hall–Kier alpha value is -0.540. The van der Waals surface area contributed by atoms with E-state index in [1.54, 1.807) is 0 Å². The van der Waals surface area contributed by atoms with E-state index >= 15 is 0 Å². The molecule has 0 bridgehead atoms. The molecule has 2 nitrogen and oxygen atoms in total. The molecule has 1 aromatic heterocycles. The molecule has 0 saturated heterocycles. The summed E-state index contributed by atoms with van der Waals surface area (Å²) in [6.45, 7) is 0. The van der Waals surface area contributed by atoms with E-state index < -0.39 is 6.43 Å². The van der Waals surface area contributed by atoms with Crippen molar-refractivity contribution < 1.29 is 8.78 Å². The van der Waals surface area contributed by atoms with Crippen LogP contribution in [0.2, 0.25) is 0 Å². The first kappa shape index (κ1) is 12.5. The molecule has 0 aliphatic carbocycles.